The molecule has 0 aliphatic carbocycles. The molecular weight excluding hydrogens is 472 g/mol. The molecule has 0 atom stereocenters. The molecule has 1 saturated heterocycles. The van der Waals surface area contributed by atoms with Gasteiger partial charge in [-0.2, -0.15) is 0 Å². The van der Waals surface area contributed by atoms with Gasteiger partial charge in [0.15, 0.2) is 5.78 Å². The van der Waals surface area contributed by atoms with Gasteiger partial charge in [0.05, 0.1) is 13.1 Å². The van der Waals surface area contributed by atoms with E-state index < -0.39 is 0 Å². The first kappa shape index (κ1) is 26.9. The van der Waals surface area contributed by atoms with Gasteiger partial charge in [0, 0.05) is 23.3 Å². The van der Waals surface area contributed by atoms with E-state index in [0.29, 0.717) is 29.1 Å². The van der Waals surface area contributed by atoms with Crippen LogP contribution < -0.4 is 4.74 Å². The quantitative estimate of drug-likeness (QED) is 0.414. The fourth-order valence-corrected chi connectivity index (χ4v) is 3.93. The number of benzene rings is 3. The Labute approximate surface area is 219 Å². The van der Waals surface area contributed by atoms with E-state index >= 15 is 0 Å². The maximum Gasteiger partial charge on any atom is 0.254 e. The van der Waals surface area contributed by atoms with Crippen LogP contribution in [-0.4, -0.2) is 61.8 Å². The SMILES string of the molecule is CN(C)CCOc1cccc(C(=O)N2CC(=Cc3ccccc3)C(=O)C(=Cc3ccccc3)C2)c1.Cl. The predicted octanol–water partition coefficient (Wildman–Crippen LogP) is 5.24. The topological polar surface area (TPSA) is 49.9 Å². The molecule has 0 N–H and O–H groups in total. The van der Waals surface area contributed by atoms with Crippen LogP contribution in [0.5, 0.6) is 5.75 Å². The number of piperidine rings is 1. The van der Waals surface area contributed by atoms with Gasteiger partial charge >= 0.3 is 0 Å². The summed E-state index contributed by atoms with van der Waals surface area (Å²) in [5.74, 6) is 0.502. The van der Waals surface area contributed by atoms with Crippen molar-refractivity contribution in [2.75, 3.05) is 40.3 Å². The highest BCUT2D eigenvalue weighted by Gasteiger charge is 2.29. The zero-order valence-corrected chi connectivity index (χ0v) is 21.4. The summed E-state index contributed by atoms with van der Waals surface area (Å²) in [4.78, 5) is 30.7. The number of carbonyl (C=O) groups is 2. The summed E-state index contributed by atoms with van der Waals surface area (Å²) in [7, 11) is 3.98. The average Bonchev–Trinajstić information content (AvgIpc) is 2.87. The van der Waals surface area contributed by atoms with Crippen LogP contribution in [-0.2, 0) is 4.79 Å². The van der Waals surface area contributed by atoms with E-state index in [-0.39, 0.29) is 37.2 Å². The number of rotatable bonds is 7. The Morgan fingerprint density at radius 2 is 1.42 bits per heavy atom. The molecule has 1 fully saturated rings. The van der Waals surface area contributed by atoms with Crippen LogP contribution in [0.25, 0.3) is 12.2 Å². The third-order valence-corrected chi connectivity index (χ3v) is 5.76. The maximum absolute atomic E-state index is 13.5. The monoisotopic (exact) mass is 502 g/mol. The standard InChI is InChI=1S/C30H30N2O3.ClH/c1-31(2)16-17-35-28-15-9-14-25(20-28)30(34)32-21-26(18-23-10-5-3-6-11-23)29(33)27(22-32)19-24-12-7-4-8-13-24;/h3-15,18-20H,16-17,21-22H2,1-2H3;1H. The van der Waals surface area contributed by atoms with Crippen molar-refractivity contribution < 1.29 is 14.3 Å². The molecule has 3 aromatic rings. The lowest BCUT2D eigenvalue weighted by Crippen LogP contribution is -2.41. The Hall–Kier alpha value is -3.67. The van der Waals surface area contributed by atoms with Gasteiger partial charge < -0.3 is 14.5 Å². The summed E-state index contributed by atoms with van der Waals surface area (Å²) in [6.45, 7) is 1.83. The largest absolute Gasteiger partial charge is 0.492 e. The lowest BCUT2D eigenvalue weighted by molar-refractivity contribution is -0.113. The molecule has 1 aliphatic heterocycles. The van der Waals surface area contributed by atoms with Crippen molar-refractivity contribution in [1.29, 1.82) is 0 Å². The van der Waals surface area contributed by atoms with Crippen molar-refractivity contribution in [3.8, 4) is 5.75 Å². The number of carbonyl (C=O) groups excluding carboxylic acids is 2. The minimum atomic E-state index is -0.131. The summed E-state index contributed by atoms with van der Waals surface area (Å²) >= 11 is 0. The number of likely N-dealkylation sites (N-methyl/N-ethyl adjacent to an activating group) is 1. The molecule has 0 saturated carbocycles. The molecule has 36 heavy (non-hydrogen) atoms. The van der Waals surface area contributed by atoms with Crippen LogP contribution >= 0.6 is 12.4 Å². The molecule has 0 bridgehead atoms. The average molecular weight is 503 g/mol. The van der Waals surface area contributed by atoms with Gasteiger partial charge in [-0.3, -0.25) is 9.59 Å². The fraction of sp³-hybridized carbons (Fsp3) is 0.200. The zero-order chi connectivity index (χ0) is 24.6. The van der Waals surface area contributed by atoms with E-state index in [9.17, 15) is 9.59 Å². The van der Waals surface area contributed by atoms with Crippen molar-refractivity contribution in [2.24, 2.45) is 0 Å². The van der Waals surface area contributed by atoms with Crippen LogP contribution in [0, 0.1) is 0 Å². The number of halogens is 1. The number of amides is 1. The second kappa shape index (κ2) is 12.9. The summed E-state index contributed by atoms with van der Waals surface area (Å²) < 4.78 is 5.82. The highest BCUT2D eigenvalue weighted by molar-refractivity contribution is 6.15. The number of nitrogens with zero attached hydrogens (tertiary/aromatic N) is 2. The third-order valence-electron chi connectivity index (χ3n) is 5.76. The minimum absolute atomic E-state index is 0. The molecule has 3 aromatic carbocycles. The highest BCUT2D eigenvalue weighted by Crippen LogP contribution is 2.24. The molecular formula is C30H31ClN2O3. The summed E-state index contributed by atoms with van der Waals surface area (Å²) in [5.41, 5.74) is 3.59. The lowest BCUT2D eigenvalue weighted by Gasteiger charge is -2.30. The van der Waals surface area contributed by atoms with Gasteiger partial charge in [-0.25, -0.2) is 0 Å². The van der Waals surface area contributed by atoms with Crippen LogP contribution in [0.4, 0.5) is 0 Å². The molecule has 6 heteroatoms. The second-order valence-corrected chi connectivity index (χ2v) is 8.83. The fourth-order valence-electron chi connectivity index (χ4n) is 3.93. The molecule has 5 nitrogen and oxygen atoms in total. The lowest BCUT2D eigenvalue weighted by atomic mass is 9.93. The molecule has 1 heterocycles. The van der Waals surface area contributed by atoms with Gasteiger partial charge in [0.1, 0.15) is 12.4 Å². The number of Topliss-reactive ketones (excluding diaryl/α,β-unsaturated/α-hetero) is 1. The molecule has 1 amide bonds. The number of hydrogen-bond donors (Lipinski definition) is 0. The molecule has 0 spiro atoms. The molecule has 0 aromatic heterocycles. The van der Waals surface area contributed by atoms with Crippen LogP contribution in [0.1, 0.15) is 21.5 Å². The number of ketones is 1. The van der Waals surface area contributed by atoms with E-state index in [1.807, 2.05) is 104 Å². The summed E-state index contributed by atoms with van der Waals surface area (Å²) in [5, 5.41) is 0. The van der Waals surface area contributed by atoms with Crippen molar-refractivity contribution >= 4 is 36.2 Å². The van der Waals surface area contributed by atoms with Crippen molar-refractivity contribution in [3.05, 3.63) is 113 Å². The highest BCUT2D eigenvalue weighted by atomic mass is 35.5. The zero-order valence-electron chi connectivity index (χ0n) is 20.6. The van der Waals surface area contributed by atoms with E-state index in [0.717, 1.165) is 17.7 Å². The number of ether oxygens (including phenoxy) is 1. The van der Waals surface area contributed by atoms with Crippen molar-refractivity contribution in [1.82, 2.24) is 9.80 Å². The molecule has 1 aliphatic rings. The normalized spacial score (nSPS) is 15.8. The van der Waals surface area contributed by atoms with Crippen molar-refractivity contribution in [2.45, 2.75) is 0 Å². The molecule has 0 radical (unpaired) electrons. The van der Waals surface area contributed by atoms with Gasteiger partial charge in [-0.1, -0.05) is 66.7 Å². The Morgan fingerprint density at radius 1 is 0.861 bits per heavy atom. The summed E-state index contributed by atoms with van der Waals surface area (Å²) in [6.07, 6.45) is 3.75. The summed E-state index contributed by atoms with van der Waals surface area (Å²) in [6, 6.07) is 26.7. The van der Waals surface area contributed by atoms with Gasteiger partial charge in [0.25, 0.3) is 5.91 Å². The van der Waals surface area contributed by atoms with Crippen LogP contribution in [0.3, 0.4) is 0 Å². The van der Waals surface area contributed by atoms with E-state index in [2.05, 4.69) is 0 Å². The maximum atomic E-state index is 13.5. The third kappa shape index (κ3) is 7.17. The van der Waals surface area contributed by atoms with E-state index in [4.69, 9.17) is 4.74 Å². The molecule has 186 valence electrons. The second-order valence-electron chi connectivity index (χ2n) is 8.83. The van der Waals surface area contributed by atoms with Gasteiger partial charge in [0.2, 0.25) is 0 Å². The number of hydrogen-bond acceptors (Lipinski definition) is 4. The van der Waals surface area contributed by atoms with Gasteiger partial charge in [-0.15, -0.1) is 12.4 Å². The number of likely N-dealkylation sites (tertiary alicyclic amines) is 1. The Bertz CT molecular complexity index is 1180. The van der Waals surface area contributed by atoms with Gasteiger partial charge in [-0.05, 0) is 55.6 Å². The van der Waals surface area contributed by atoms with Crippen molar-refractivity contribution in [3.63, 3.8) is 0 Å². The van der Waals surface area contributed by atoms with E-state index in [1.54, 1.807) is 17.0 Å². The molecule has 0 unspecified atom stereocenters. The van der Waals surface area contributed by atoms with Crippen LogP contribution in [0.15, 0.2) is 96.1 Å². The first-order chi connectivity index (χ1) is 17.0. The van der Waals surface area contributed by atoms with Crippen LogP contribution in [0.2, 0.25) is 0 Å². The Kier molecular flexibility index (Phi) is 9.62. The molecule has 4 rings (SSSR count). The Balaban J connectivity index is 0.00000361. The predicted molar refractivity (Wildman–Crippen MR) is 147 cm³/mol. The smallest absolute Gasteiger partial charge is 0.254 e. The van der Waals surface area contributed by atoms with E-state index in [1.165, 1.54) is 0 Å². The first-order valence-electron chi connectivity index (χ1n) is 11.7. The Morgan fingerprint density at radius 3 is 1.94 bits per heavy atom. The minimum Gasteiger partial charge on any atom is -0.492 e. The first-order valence-corrected chi connectivity index (χ1v) is 11.7.